The van der Waals surface area contributed by atoms with Gasteiger partial charge in [-0.05, 0) is 23.8 Å². The van der Waals surface area contributed by atoms with Crippen LogP contribution in [0.5, 0.6) is 5.75 Å². The van der Waals surface area contributed by atoms with Gasteiger partial charge in [0.25, 0.3) is 0 Å². The van der Waals surface area contributed by atoms with Gasteiger partial charge in [0.05, 0.1) is 0 Å². The third-order valence-corrected chi connectivity index (χ3v) is 3.10. The van der Waals surface area contributed by atoms with Crippen LogP contribution in [0.3, 0.4) is 0 Å². The molecule has 0 aliphatic rings. The topological polar surface area (TPSA) is 76.4 Å². The Kier molecular flexibility index (Phi) is 2.89. The van der Waals surface area contributed by atoms with Crippen molar-refractivity contribution in [1.29, 1.82) is 0 Å². The van der Waals surface area contributed by atoms with Crippen molar-refractivity contribution in [3.05, 3.63) is 59.5 Å². The lowest BCUT2D eigenvalue weighted by Gasteiger charge is -2.02. The van der Waals surface area contributed by atoms with E-state index in [1.807, 2.05) is 34.9 Å². The number of phenols is 1. The normalized spacial score (nSPS) is 11.0. The minimum Gasteiger partial charge on any atom is -0.508 e. The maximum Gasteiger partial charge on any atom is 0.165 e. The van der Waals surface area contributed by atoms with Gasteiger partial charge in [-0.2, -0.15) is 0 Å². The Morgan fingerprint density at radius 2 is 1.89 bits per heavy atom. The summed E-state index contributed by atoms with van der Waals surface area (Å²) in [5.74, 6) is 1.12. The second-order valence-corrected chi connectivity index (χ2v) is 4.39. The van der Waals surface area contributed by atoms with Gasteiger partial charge in [-0.3, -0.25) is 4.40 Å². The summed E-state index contributed by atoms with van der Waals surface area (Å²) < 4.78 is 1.95. The Hall–Kier alpha value is -2.40. The van der Waals surface area contributed by atoms with Gasteiger partial charge in [-0.25, -0.2) is 0 Å². The van der Waals surface area contributed by atoms with Gasteiger partial charge in [0.2, 0.25) is 0 Å². The van der Waals surface area contributed by atoms with Crippen LogP contribution >= 0.6 is 0 Å². The minimum absolute atomic E-state index is 0.264. The van der Waals surface area contributed by atoms with E-state index in [-0.39, 0.29) is 5.75 Å². The van der Waals surface area contributed by atoms with E-state index < -0.39 is 0 Å². The summed E-state index contributed by atoms with van der Waals surface area (Å²) in [6.45, 7) is 0.446. The van der Waals surface area contributed by atoms with Crippen LogP contribution in [-0.2, 0) is 13.0 Å². The van der Waals surface area contributed by atoms with Crippen LogP contribution in [0.2, 0.25) is 0 Å². The van der Waals surface area contributed by atoms with Gasteiger partial charge >= 0.3 is 0 Å². The van der Waals surface area contributed by atoms with E-state index in [9.17, 15) is 5.11 Å². The fourth-order valence-corrected chi connectivity index (χ4v) is 2.10. The molecule has 3 rings (SSSR count). The number of benzene rings is 1. The van der Waals surface area contributed by atoms with E-state index >= 15 is 0 Å². The molecule has 0 amide bonds. The first-order valence-corrected chi connectivity index (χ1v) is 6.07. The van der Waals surface area contributed by atoms with Crippen molar-refractivity contribution in [3.63, 3.8) is 0 Å². The number of fused-ring (bicyclic) bond motifs is 1. The Bertz CT molecular complexity index is 703. The molecule has 0 saturated heterocycles. The monoisotopic (exact) mass is 254 g/mol. The van der Waals surface area contributed by atoms with Crippen LogP contribution in [-0.4, -0.2) is 19.7 Å². The lowest BCUT2D eigenvalue weighted by molar-refractivity contribution is 0.475. The molecule has 2 aromatic heterocycles. The van der Waals surface area contributed by atoms with E-state index in [1.54, 1.807) is 12.1 Å². The zero-order valence-electron chi connectivity index (χ0n) is 10.3. The quantitative estimate of drug-likeness (QED) is 0.742. The maximum absolute atomic E-state index is 9.28. The SMILES string of the molecule is NCc1cccn2c(Cc3ccc(O)cc3)nnc12. The number of nitrogens with zero attached hydrogens (tertiary/aromatic N) is 3. The summed E-state index contributed by atoms with van der Waals surface area (Å²) >= 11 is 0. The predicted molar refractivity (Wildman–Crippen MR) is 71.8 cm³/mol. The largest absolute Gasteiger partial charge is 0.508 e. The van der Waals surface area contributed by atoms with Crippen molar-refractivity contribution in [2.45, 2.75) is 13.0 Å². The van der Waals surface area contributed by atoms with Crippen molar-refractivity contribution < 1.29 is 5.11 Å². The molecule has 0 aliphatic carbocycles. The van der Waals surface area contributed by atoms with Crippen molar-refractivity contribution in [3.8, 4) is 5.75 Å². The van der Waals surface area contributed by atoms with Crippen molar-refractivity contribution in [2.24, 2.45) is 5.73 Å². The Labute approximate surface area is 110 Å². The first-order chi connectivity index (χ1) is 9.28. The molecule has 5 nitrogen and oxygen atoms in total. The molecule has 0 fully saturated rings. The molecule has 0 radical (unpaired) electrons. The number of aromatic nitrogens is 3. The first-order valence-electron chi connectivity index (χ1n) is 6.07. The number of phenolic OH excluding ortho intramolecular Hbond substituents is 1. The lowest BCUT2D eigenvalue weighted by Crippen LogP contribution is -2.01. The molecule has 0 atom stereocenters. The first kappa shape index (κ1) is 11.7. The third-order valence-electron chi connectivity index (χ3n) is 3.10. The van der Waals surface area contributed by atoms with Crippen LogP contribution in [0, 0.1) is 0 Å². The Morgan fingerprint density at radius 1 is 1.11 bits per heavy atom. The number of aromatic hydroxyl groups is 1. The van der Waals surface area contributed by atoms with E-state index in [0.717, 1.165) is 22.6 Å². The number of rotatable bonds is 3. The van der Waals surface area contributed by atoms with Crippen LogP contribution in [0.15, 0.2) is 42.6 Å². The standard InChI is InChI=1S/C14H14N4O/c15-9-11-2-1-7-18-13(16-17-14(11)18)8-10-3-5-12(19)6-4-10/h1-7,19H,8-9,15H2. The molecule has 19 heavy (non-hydrogen) atoms. The highest BCUT2D eigenvalue weighted by Gasteiger charge is 2.08. The number of hydrogen-bond donors (Lipinski definition) is 2. The van der Waals surface area contributed by atoms with E-state index in [1.165, 1.54) is 0 Å². The van der Waals surface area contributed by atoms with Crippen molar-refractivity contribution in [1.82, 2.24) is 14.6 Å². The molecule has 0 spiro atoms. The maximum atomic E-state index is 9.28. The summed E-state index contributed by atoms with van der Waals surface area (Å²) in [5.41, 5.74) is 8.54. The van der Waals surface area contributed by atoms with Gasteiger partial charge in [0.1, 0.15) is 11.6 Å². The summed E-state index contributed by atoms with van der Waals surface area (Å²) in [7, 11) is 0. The molecule has 3 aromatic rings. The van der Waals surface area contributed by atoms with Gasteiger partial charge in [0.15, 0.2) is 5.65 Å². The highest BCUT2D eigenvalue weighted by atomic mass is 16.3. The highest BCUT2D eigenvalue weighted by Crippen LogP contribution is 2.15. The zero-order valence-corrected chi connectivity index (χ0v) is 10.3. The predicted octanol–water partition coefficient (Wildman–Crippen LogP) is 1.48. The van der Waals surface area contributed by atoms with Gasteiger partial charge in [-0.1, -0.05) is 18.2 Å². The molecular weight excluding hydrogens is 240 g/mol. The van der Waals surface area contributed by atoms with Crippen LogP contribution in [0.25, 0.3) is 5.65 Å². The zero-order chi connectivity index (χ0) is 13.2. The highest BCUT2D eigenvalue weighted by molar-refractivity contribution is 5.47. The minimum atomic E-state index is 0.264. The second-order valence-electron chi connectivity index (χ2n) is 4.39. The average molecular weight is 254 g/mol. The molecular formula is C14H14N4O. The molecule has 0 saturated carbocycles. The Morgan fingerprint density at radius 3 is 2.63 bits per heavy atom. The third kappa shape index (κ3) is 2.15. The molecule has 3 N–H and O–H groups in total. The molecule has 96 valence electrons. The van der Waals surface area contributed by atoms with Gasteiger partial charge < -0.3 is 10.8 Å². The van der Waals surface area contributed by atoms with E-state index in [0.29, 0.717) is 13.0 Å². The summed E-state index contributed by atoms with van der Waals surface area (Å²) in [5, 5.41) is 17.7. The summed E-state index contributed by atoms with van der Waals surface area (Å²) in [6, 6.07) is 11.0. The van der Waals surface area contributed by atoms with Crippen LogP contribution in [0.1, 0.15) is 17.0 Å². The van der Waals surface area contributed by atoms with E-state index in [4.69, 9.17) is 5.73 Å². The lowest BCUT2D eigenvalue weighted by atomic mass is 10.1. The molecule has 0 aliphatic heterocycles. The molecule has 5 heteroatoms. The van der Waals surface area contributed by atoms with E-state index in [2.05, 4.69) is 10.2 Å². The average Bonchev–Trinajstić information content (AvgIpc) is 2.84. The van der Waals surface area contributed by atoms with Crippen LogP contribution < -0.4 is 5.73 Å². The summed E-state index contributed by atoms with van der Waals surface area (Å²) in [4.78, 5) is 0. The number of nitrogens with two attached hydrogens (primary N) is 1. The number of hydrogen-bond acceptors (Lipinski definition) is 4. The fourth-order valence-electron chi connectivity index (χ4n) is 2.10. The Balaban J connectivity index is 1.99. The second kappa shape index (κ2) is 4.70. The summed E-state index contributed by atoms with van der Waals surface area (Å²) in [6.07, 6.45) is 2.60. The van der Waals surface area contributed by atoms with Crippen molar-refractivity contribution >= 4 is 5.65 Å². The van der Waals surface area contributed by atoms with Gasteiger partial charge in [0, 0.05) is 24.7 Å². The van der Waals surface area contributed by atoms with Crippen LogP contribution in [0.4, 0.5) is 0 Å². The fraction of sp³-hybridized carbons (Fsp3) is 0.143. The van der Waals surface area contributed by atoms with Gasteiger partial charge in [-0.15, -0.1) is 10.2 Å². The molecule has 1 aromatic carbocycles. The number of pyridine rings is 1. The molecule has 0 unspecified atom stereocenters. The molecule has 2 heterocycles. The molecule has 0 bridgehead atoms. The smallest absolute Gasteiger partial charge is 0.165 e. The van der Waals surface area contributed by atoms with Crippen molar-refractivity contribution in [2.75, 3.05) is 0 Å².